The van der Waals surface area contributed by atoms with Crippen LogP contribution in [0.15, 0.2) is 267 Å². The standard InChI is InChI=1S/C66H44N2/c1-4-21-46(22-5-1)64-57-32-13-12-30-54(57)55-41-40-53(44-60(55)65(64)47-23-6-2-7-24-47)67(52-29-18-26-49(43-52)50-39-38-45-20-10-11-25-48(45)42-50)61-35-16-14-31-56(61)58-34-19-37-63-66(58)59-33-15-17-36-62(59)68(63)51-27-8-3-9-28-51/h1-44H. The number of fused-ring (bicyclic) bond motifs is 7. The zero-order chi connectivity index (χ0) is 45.0. The highest BCUT2D eigenvalue weighted by Gasteiger charge is 2.24. The predicted molar refractivity (Wildman–Crippen MR) is 290 cm³/mol. The van der Waals surface area contributed by atoms with Crippen molar-refractivity contribution in [2.45, 2.75) is 0 Å². The molecule has 0 saturated heterocycles. The molecule has 0 spiro atoms. The minimum atomic E-state index is 1.07. The molecule has 12 aromatic carbocycles. The van der Waals surface area contributed by atoms with Crippen LogP contribution in [0.2, 0.25) is 0 Å². The minimum absolute atomic E-state index is 1.07. The Hall–Kier alpha value is -8.98. The van der Waals surface area contributed by atoms with Gasteiger partial charge >= 0.3 is 0 Å². The van der Waals surface area contributed by atoms with Crippen LogP contribution in [0.4, 0.5) is 17.1 Å². The smallest absolute Gasteiger partial charge is 0.0547 e. The predicted octanol–water partition coefficient (Wildman–Crippen LogP) is 18.4. The number of nitrogens with zero attached hydrogens (tertiary/aromatic N) is 2. The third-order valence-electron chi connectivity index (χ3n) is 13.7. The molecule has 1 heterocycles. The second kappa shape index (κ2) is 16.5. The highest BCUT2D eigenvalue weighted by Crippen LogP contribution is 2.49. The molecular weight excluding hydrogens is 821 g/mol. The van der Waals surface area contributed by atoms with Gasteiger partial charge in [-0.1, -0.05) is 206 Å². The van der Waals surface area contributed by atoms with Crippen molar-refractivity contribution < 1.29 is 0 Å². The normalized spacial score (nSPS) is 11.5. The molecule has 0 aliphatic carbocycles. The van der Waals surface area contributed by atoms with E-state index in [4.69, 9.17) is 0 Å². The molecule has 2 heteroatoms. The third-order valence-corrected chi connectivity index (χ3v) is 13.7. The summed E-state index contributed by atoms with van der Waals surface area (Å²) < 4.78 is 2.41. The average molecular weight is 865 g/mol. The molecule has 0 N–H and O–H groups in total. The van der Waals surface area contributed by atoms with Gasteiger partial charge < -0.3 is 9.47 Å². The SMILES string of the molecule is c1ccc(-c2c(-c3ccccc3)c3cc(N(c4cccc(-c5ccc6ccccc6c5)c4)c4ccccc4-c4cccc5c4c4ccccc4n5-c4ccccc4)ccc3c3ccccc23)cc1. The topological polar surface area (TPSA) is 8.17 Å². The van der Waals surface area contributed by atoms with Crippen molar-refractivity contribution in [3.8, 4) is 50.2 Å². The van der Waals surface area contributed by atoms with E-state index in [9.17, 15) is 0 Å². The van der Waals surface area contributed by atoms with Crippen LogP contribution in [0.1, 0.15) is 0 Å². The lowest BCUT2D eigenvalue weighted by Gasteiger charge is -2.29. The van der Waals surface area contributed by atoms with E-state index < -0.39 is 0 Å². The first-order valence-electron chi connectivity index (χ1n) is 23.4. The molecule has 13 aromatic rings. The summed E-state index contributed by atoms with van der Waals surface area (Å²) in [6, 6.07) is 97.7. The van der Waals surface area contributed by atoms with Crippen LogP contribution in [0, 0.1) is 0 Å². The molecule has 1 aromatic heterocycles. The Morgan fingerprint density at radius 3 is 1.62 bits per heavy atom. The lowest BCUT2D eigenvalue weighted by Crippen LogP contribution is -2.11. The molecule has 0 amide bonds. The summed E-state index contributed by atoms with van der Waals surface area (Å²) in [5.41, 5.74) is 16.3. The van der Waals surface area contributed by atoms with E-state index in [2.05, 4.69) is 276 Å². The van der Waals surface area contributed by atoms with Crippen LogP contribution in [0.3, 0.4) is 0 Å². The maximum Gasteiger partial charge on any atom is 0.0547 e. The highest BCUT2D eigenvalue weighted by molar-refractivity contribution is 6.22. The molecule has 0 radical (unpaired) electrons. The summed E-state index contributed by atoms with van der Waals surface area (Å²) in [5.74, 6) is 0. The van der Waals surface area contributed by atoms with Gasteiger partial charge in [-0.25, -0.2) is 0 Å². The first-order chi connectivity index (χ1) is 33.8. The van der Waals surface area contributed by atoms with Crippen molar-refractivity contribution in [1.82, 2.24) is 4.57 Å². The summed E-state index contributed by atoms with van der Waals surface area (Å²) in [4.78, 5) is 2.49. The van der Waals surface area contributed by atoms with Gasteiger partial charge in [-0.15, -0.1) is 0 Å². The first kappa shape index (κ1) is 39.4. The van der Waals surface area contributed by atoms with E-state index in [1.807, 2.05) is 0 Å². The number of hydrogen-bond donors (Lipinski definition) is 0. The largest absolute Gasteiger partial charge is 0.310 e. The van der Waals surface area contributed by atoms with Gasteiger partial charge in [0.15, 0.2) is 0 Å². The fourth-order valence-electron chi connectivity index (χ4n) is 10.7. The maximum absolute atomic E-state index is 2.49. The molecule has 0 unspecified atom stereocenters. The summed E-state index contributed by atoms with van der Waals surface area (Å²) in [5, 5.41) is 9.81. The van der Waals surface area contributed by atoms with E-state index in [-0.39, 0.29) is 0 Å². The number of anilines is 3. The molecule has 0 fully saturated rings. The van der Waals surface area contributed by atoms with E-state index in [0.717, 1.165) is 33.9 Å². The van der Waals surface area contributed by atoms with Gasteiger partial charge in [0.2, 0.25) is 0 Å². The van der Waals surface area contributed by atoms with Gasteiger partial charge in [0.05, 0.1) is 16.7 Å². The zero-order valence-corrected chi connectivity index (χ0v) is 37.3. The van der Waals surface area contributed by atoms with Crippen LogP contribution in [-0.2, 0) is 0 Å². The zero-order valence-electron chi connectivity index (χ0n) is 37.3. The Morgan fingerprint density at radius 1 is 0.279 bits per heavy atom. The van der Waals surface area contributed by atoms with Crippen molar-refractivity contribution in [3.05, 3.63) is 267 Å². The second-order valence-corrected chi connectivity index (χ2v) is 17.6. The molecule has 318 valence electrons. The van der Waals surface area contributed by atoms with E-state index in [1.165, 1.54) is 87.5 Å². The summed E-state index contributed by atoms with van der Waals surface area (Å²) in [6.07, 6.45) is 0. The Kier molecular flexibility index (Phi) is 9.54. The average Bonchev–Trinajstić information content (AvgIpc) is 3.76. The minimum Gasteiger partial charge on any atom is -0.310 e. The molecular formula is C66H44N2. The van der Waals surface area contributed by atoms with Gasteiger partial charge in [0, 0.05) is 33.4 Å². The second-order valence-electron chi connectivity index (χ2n) is 17.6. The molecule has 0 aliphatic rings. The van der Waals surface area contributed by atoms with Crippen molar-refractivity contribution in [2.75, 3.05) is 4.90 Å². The van der Waals surface area contributed by atoms with Crippen LogP contribution in [0.5, 0.6) is 0 Å². The third kappa shape index (κ3) is 6.57. The molecule has 0 atom stereocenters. The molecule has 0 aliphatic heterocycles. The fraction of sp³-hybridized carbons (Fsp3) is 0. The fourth-order valence-corrected chi connectivity index (χ4v) is 10.7. The Bertz CT molecular complexity index is 4020. The van der Waals surface area contributed by atoms with Crippen LogP contribution in [0.25, 0.3) is 104 Å². The molecule has 0 saturated carbocycles. The first-order valence-corrected chi connectivity index (χ1v) is 23.4. The lowest BCUT2D eigenvalue weighted by molar-refractivity contribution is 1.18. The number of benzene rings is 12. The van der Waals surface area contributed by atoms with Gasteiger partial charge in [-0.05, 0) is 132 Å². The number of rotatable bonds is 8. The van der Waals surface area contributed by atoms with Crippen molar-refractivity contribution >= 4 is 71.2 Å². The summed E-state index contributed by atoms with van der Waals surface area (Å²) in [6.45, 7) is 0. The lowest BCUT2D eigenvalue weighted by atomic mass is 9.85. The van der Waals surface area contributed by atoms with Crippen molar-refractivity contribution in [2.24, 2.45) is 0 Å². The van der Waals surface area contributed by atoms with Crippen molar-refractivity contribution in [3.63, 3.8) is 0 Å². The van der Waals surface area contributed by atoms with E-state index in [1.54, 1.807) is 0 Å². The summed E-state index contributed by atoms with van der Waals surface area (Å²) in [7, 11) is 0. The maximum atomic E-state index is 2.49. The molecule has 0 bridgehead atoms. The van der Waals surface area contributed by atoms with E-state index in [0.29, 0.717) is 0 Å². The number of para-hydroxylation sites is 3. The molecule has 2 nitrogen and oxygen atoms in total. The Morgan fingerprint density at radius 2 is 0.824 bits per heavy atom. The summed E-state index contributed by atoms with van der Waals surface area (Å²) >= 11 is 0. The van der Waals surface area contributed by atoms with Crippen molar-refractivity contribution in [1.29, 1.82) is 0 Å². The molecule has 68 heavy (non-hydrogen) atoms. The Labute approximate surface area is 395 Å². The van der Waals surface area contributed by atoms with E-state index >= 15 is 0 Å². The number of aromatic nitrogens is 1. The van der Waals surface area contributed by atoms with Crippen LogP contribution >= 0.6 is 0 Å². The van der Waals surface area contributed by atoms with Gasteiger partial charge in [0.25, 0.3) is 0 Å². The van der Waals surface area contributed by atoms with Gasteiger partial charge in [0.1, 0.15) is 0 Å². The Balaban J connectivity index is 1.11. The number of hydrogen-bond acceptors (Lipinski definition) is 1. The molecule has 13 rings (SSSR count). The van der Waals surface area contributed by atoms with Crippen LogP contribution in [-0.4, -0.2) is 4.57 Å². The van der Waals surface area contributed by atoms with Crippen LogP contribution < -0.4 is 4.90 Å². The van der Waals surface area contributed by atoms with Gasteiger partial charge in [-0.2, -0.15) is 0 Å². The highest BCUT2D eigenvalue weighted by atomic mass is 15.1. The van der Waals surface area contributed by atoms with Gasteiger partial charge in [-0.3, -0.25) is 0 Å². The quantitative estimate of drug-likeness (QED) is 0.138. The monoisotopic (exact) mass is 864 g/mol.